The number of amides is 1. The van der Waals surface area contributed by atoms with Gasteiger partial charge in [-0.3, -0.25) is 0 Å². The van der Waals surface area contributed by atoms with E-state index >= 15 is 0 Å². The molecular formula is C11H22ClNO4S. The molecule has 0 aliphatic carbocycles. The van der Waals surface area contributed by atoms with Gasteiger partial charge in [-0.25, -0.2) is 13.2 Å². The Labute approximate surface area is 114 Å². The van der Waals surface area contributed by atoms with Gasteiger partial charge in [0.1, 0.15) is 5.60 Å². The number of rotatable bonds is 5. The summed E-state index contributed by atoms with van der Waals surface area (Å²) in [6.07, 6.45) is -0.145. The second-order valence-corrected chi connectivity index (χ2v) is 8.26. The molecule has 108 valence electrons. The van der Waals surface area contributed by atoms with Crippen LogP contribution in [0.5, 0.6) is 0 Å². The number of hydrogen-bond donors (Lipinski definition) is 0. The quantitative estimate of drug-likeness (QED) is 0.732. The van der Waals surface area contributed by atoms with Crippen LogP contribution in [0.3, 0.4) is 0 Å². The molecule has 18 heavy (non-hydrogen) atoms. The fourth-order valence-electron chi connectivity index (χ4n) is 1.29. The van der Waals surface area contributed by atoms with E-state index in [2.05, 4.69) is 0 Å². The van der Waals surface area contributed by atoms with E-state index in [1.165, 1.54) is 4.90 Å². The molecule has 1 amide bonds. The molecule has 0 bridgehead atoms. The smallest absolute Gasteiger partial charge is 0.410 e. The van der Waals surface area contributed by atoms with Gasteiger partial charge in [0.2, 0.25) is 9.05 Å². The van der Waals surface area contributed by atoms with E-state index in [1.807, 2.05) is 13.8 Å². The van der Waals surface area contributed by atoms with Crippen LogP contribution < -0.4 is 0 Å². The van der Waals surface area contributed by atoms with Crippen molar-refractivity contribution in [1.82, 2.24) is 4.90 Å². The number of ether oxygens (including phenoxy) is 1. The molecule has 0 saturated carbocycles. The van der Waals surface area contributed by atoms with Crippen molar-refractivity contribution in [2.45, 2.75) is 52.7 Å². The summed E-state index contributed by atoms with van der Waals surface area (Å²) >= 11 is 0. The maximum Gasteiger partial charge on any atom is 0.410 e. The van der Waals surface area contributed by atoms with Crippen LogP contribution in [0, 0.1) is 0 Å². The third-order valence-electron chi connectivity index (χ3n) is 2.04. The van der Waals surface area contributed by atoms with Gasteiger partial charge in [-0.15, -0.1) is 0 Å². The summed E-state index contributed by atoms with van der Waals surface area (Å²) in [4.78, 5) is 13.4. The Balaban J connectivity index is 4.45. The van der Waals surface area contributed by atoms with E-state index in [-0.39, 0.29) is 11.8 Å². The highest BCUT2D eigenvalue weighted by atomic mass is 35.7. The SMILES string of the molecule is CC(C)N(CCCS(=O)(=O)Cl)C(=O)OC(C)(C)C. The third kappa shape index (κ3) is 8.58. The standard InChI is InChI=1S/C11H22ClNO4S/c1-9(2)13(7-6-8-18(12,15)16)10(14)17-11(3,4)5/h9H,6-8H2,1-5H3. The first-order valence-corrected chi connectivity index (χ1v) is 8.32. The second-order valence-electron chi connectivity index (χ2n) is 5.36. The molecule has 0 radical (unpaired) electrons. The van der Waals surface area contributed by atoms with Crippen molar-refractivity contribution in [2.75, 3.05) is 12.3 Å². The highest BCUT2D eigenvalue weighted by molar-refractivity contribution is 8.13. The minimum Gasteiger partial charge on any atom is -0.444 e. The van der Waals surface area contributed by atoms with Crippen LogP contribution >= 0.6 is 10.7 Å². The maximum absolute atomic E-state index is 11.9. The Kier molecular flexibility index (Phi) is 6.43. The van der Waals surface area contributed by atoms with Crippen molar-refractivity contribution in [1.29, 1.82) is 0 Å². The van der Waals surface area contributed by atoms with E-state index in [9.17, 15) is 13.2 Å². The first-order chi connectivity index (χ1) is 7.92. The first-order valence-electron chi connectivity index (χ1n) is 5.84. The largest absolute Gasteiger partial charge is 0.444 e. The zero-order valence-corrected chi connectivity index (χ0v) is 13.1. The molecule has 0 aromatic heterocycles. The van der Waals surface area contributed by atoms with Crippen LogP contribution in [-0.2, 0) is 13.8 Å². The summed E-state index contributed by atoms with van der Waals surface area (Å²) in [5, 5.41) is 0. The van der Waals surface area contributed by atoms with Gasteiger partial charge in [0.25, 0.3) is 0 Å². The van der Waals surface area contributed by atoms with Crippen molar-refractivity contribution in [3.63, 3.8) is 0 Å². The third-order valence-corrected chi connectivity index (χ3v) is 3.28. The lowest BCUT2D eigenvalue weighted by atomic mass is 10.2. The van der Waals surface area contributed by atoms with E-state index < -0.39 is 20.7 Å². The van der Waals surface area contributed by atoms with Crippen molar-refractivity contribution in [3.05, 3.63) is 0 Å². The Morgan fingerprint density at radius 1 is 1.33 bits per heavy atom. The van der Waals surface area contributed by atoms with Gasteiger partial charge in [-0.05, 0) is 41.0 Å². The van der Waals surface area contributed by atoms with Gasteiger partial charge in [0, 0.05) is 23.3 Å². The molecular weight excluding hydrogens is 278 g/mol. The molecule has 7 heteroatoms. The van der Waals surface area contributed by atoms with Gasteiger partial charge in [-0.1, -0.05) is 0 Å². The summed E-state index contributed by atoms with van der Waals surface area (Å²) in [7, 11) is 1.61. The van der Waals surface area contributed by atoms with Crippen LogP contribution in [0.25, 0.3) is 0 Å². The lowest BCUT2D eigenvalue weighted by molar-refractivity contribution is 0.0192. The number of halogens is 1. The molecule has 0 aliphatic heterocycles. The van der Waals surface area contributed by atoms with Crippen LogP contribution in [0.1, 0.15) is 41.0 Å². The number of carbonyl (C=O) groups excluding carboxylic acids is 1. The first kappa shape index (κ1) is 17.5. The normalized spacial score (nSPS) is 12.6. The molecule has 0 aromatic carbocycles. The van der Waals surface area contributed by atoms with Gasteiger partial charge in [-0.2, -0.15) is 0 Å². The summed E-state index contributed by atoms with van der Waals surface area (Å²) in [6.45, 7) is 9.35. The van der Waals surface area contributed by atoms with Crippen LogP contribution in [0.4, 0.5) is 4.79 Å². The van der Waals surface area contributed by atoms with E-state index in [4.69, 9.17) is 15.4 Å². The molecule has 5 nitrogen and oxygen atoms in total. The summed E-state index contributed by atoms with van der Waals surface area (Å²) < 4.78 is 26.9. The Hall–Kier alpha value is -0.490. The predicted molar refractivity (Wildman–Crippen MR) is 72.3 cm³/mol. The van der Waals surface area contributed by atoms with Gasteiger partial charge >= 0.3 is 6.09 Å². The molecule has 0 heterocycles. The maximum atomic E-state index is 11.9. The van der Waals surface area contributed by atoms with Gasteiger partial charge in [0.15, 0.2) is 0 Å². The summed E-state index contributed by atoms with van der Waals surface area (Å²) in [6, 6.07) is -0.0575. The summed E-state index contributed by atoms with van der Waals surface area (Å²) in [5.41, 5.74) is -0.567. The lowest BCUT2D eigenvalue weighted by Crippen LogP contribution is -2.41. The molecule has 0 spiro atoms. The zero-order valence-electron chi connectivity index (χ0n) is 11.6. The van der Waals surface area contributed by atoms with E-state index in [0.29, 0.717) is 13.0 Å². The molecule has 0 aliphatic rings. The number of nitrogens with zero attached hydrogens (tertiary/aromatic N) is 1. The van der Waals surface area contributed by atoms with Crippen LogP contribution in [0.15, 0.2) is 0 Å². The van der Waals surface area contributed by atoms with E-state index in [1.54, 1.807) is 20.8 Å². The van der Waals surface area contributed by atoms with Crippen molar-refractivity contribution < 1.29 is 17.9 Å². The van der Waals surface area contributed by atoms with Crippen molar-refractivity contribution >= 4 is 25.8 Å². The second kappa shape index (κ2) is 6.61. The topological polar surface area (TPSA) is 63.7 Å². The minimum absolute atomic E-state index is 0.0575. The monoisotopic (exact) mass is 299 g/mol. The number of hydrogen-bond acceptors (Lipinski definition) is 4. The Morgan fingerprint density at radius 2 is 1.83 bits per heavy atom. The highest BCUT2D eigenvalue weighted by Gasteiger charge is 2.24. The van der Waals surface area contributed by atoms with E-state index in [0.717, 1.165) is 0 Å². The van der Waals surface area contributed by atoms with Crippen molar-refractivity contribution in [2.24, 2.45) is 0 Å². The lowest BCUT2D eigenvalue weighted by Gasteiger charge is -2.30. The average molecular weight is 300 g/mol. The average Bonchev–Trinajstić information content (AvgIpc) is 2.06. The summed E-state index contributed by atoms with van der Waals surface area (Å²) in [5.74, 6) is -0.152. The molecule has 0 aromatic rings. The Bertz CT molecular complexity index is 373. The molecule has 0 fully saturated rings. The molecule has 0 atom stereocenters. The fourth-order valence-corrected chi connectivity index (χ4v) is 2.09. The van der Waals surface area contributed by atoms with Crippen LogP contribution in [0.2, 0.25) is 0 Å². The predicted octanol–water partition coefficient (Wildman–Crippen LogP) is 2.59. The molecule has 0 unspecified atom stereocenters. The minimum atomic E-state index is -3.51. The highest BCUT2D eigenvalue weighted by Crippen LogP contribution is 2.12. The van der Waals surface area contributed by atoms with Crippen LogP contribution in [-0.4, -0.2) is 43.4 Å². The molecule has 0 rings (SSSR count). The van der Waals surface area contributed by atoms with Gasteiger partial charge < -0.3 is 9.64 Å². The number of carbonyl (C=O) groups is 1. The Morgan fingerprint density at radius 3 is 2.17 bits per heavy atom. The van der Waals surface area contributed by atoms with Gasteiger partial charge in [0.05, 0.1) is 5.75 Å². The fraction of sp³-hybridized carbons (Fsp3) is 0.909. The molecule has 0 saturated heterocycles. The van der Waals surface area contributed by atoms with Crippen molar-refractivity contribution in [3.8, 4) is 0 Å². The zero-order chi connectivity index (χ0) is 14.6. The molecule has 0 N–H and O–H groups in total.